The molecule has 1 aliphatic heterocycles. The van der Waals surface area contributed by atoms with E-state index in [-0.39, 0.29) is 28.3 Å². The number of nitrogens with zero attached hydrogens (tertiary/aromatic N) is 2. The number of piperidine rings is 1. The first-order valence-electron chi connectivity index (χ1n) is 9.20. The van der Waals surface area contributed by atoms with Crippen molar-refractivity contribution in [2.24, 2.45) is 11.0 Å². The minimum Gasteiger partial charge on any atom is -0.497 e. The number of hydrogen-bond acceptors (Lipinski definition) is 4. The van der Waals surface area contributed by atoms with Crippen molar-refractivity contribution in [3.8, 4) is 5.75 Å². The van der Waals surface area contributed by atoms with Gasteiger partial charge in [-0.1, -0.05) is 17.7 Å². The maximum Gasteiger partial charge on any atom is 0.253 e. The van der Waals surface area contributed by atoms with Crippen LogP contribution in [0.1, 0.15) is 28.8 Å². The second-order valence-electron chi connectivity index (χ2n) is 6.66. The van der Waals surface area contributed by atoms with Crippen LogP contribution in [-0.4, -0.2) is 43.1 Å². The van der Waals surface area contributed by atoms with Crippen molar-refractivity contribution >= 4 is 29.6 Å². The number of ether oxygens (including phenoxy) is 1. The summed E-state index contributed by atoms with van der Waals surface area (Å²) in [4.78, 5) is 26.6. The Morgan fingerprint density at radius 1 is 1.21 bits per heavy atom. The first-order valence-corrected chi connectivity index (χ1v) is 9.57. The molecule has 2 aromatic rings. The Hall–Kier alpha value is -2.93. The molecule has 6 nitrogen and oxygen atoms in total. The number of carbonyl (C=O) groups excluding carboxylic acids is 2. The third-order valence-corrected chi connectivity index (χ3v) is 5.19. The van der Waals surface area contributed by atoms with Gasteiger partial charge in [-0.3, -0.25) is 9.59 Å². The van der Waals surface area contributed by atoms with Crippen LogP contribution in [0.15, 0.2) is 47.6 Å². The number of rotatable bonds is 5. The van der Waals surface area contributed by atoms with Crippen molar-refractivity contribution in [3.05, 3.63) is 64.4 Å². The van der Waals surface area contributed by atoms with Crippen molar-refractivity contribution < 1.29 is 18.7 Å². The second-order valence-corrected chi connectivity index (χ2v) is 7.07. The van der Waals surface area contributed by atoms with E-state index in [0.717, 1.165) is 0 Å². The van der Waals surface area contributed by atoms with Gasteiger partial charge in [-0.25, -0.2) is 9.82 Å². The maximum atomic E-state index is 13.7. The van der Waals surface area contributed by atoms with Crippen molar-refractivity contribution in [2.45, 2.75) is 12.8 Å². The van der Waals surface area contributed by atoms with Crippen LogP contribution < -0.4 is 10.2 Å². The molecule has 2 aromatic carbocycles. The van der Waals surface area contributed by atoms with Gasteiger partial charge >= 0.3 is 0 Å². The predicted octanol–water partition coefficient (Wildman–Crippen LogP) is 3.49. The van der Waals surface area contributed by atoms with Gasteiger partial charge in [0.05, 0.1) is 18.3 Å². The molecule has 1 saturated heterocycles. The molecule has 3 rings (SSSR count). The number of hydrazone groups is 1. The van der Waals surface area contributed by atoms with E-state index in [1.54, 1.807) is 42.3 Å². The van der Waals surface area contributed by atoms with E-state index in [1.807, 2.05) is 0 Å². The fourth-order valence-electron chi connectivity index (χ4n) is 3.15. The molecule has 1 heterocycles. The molecule has 2 amide bonds. The van der Waals surface area contributed by atoms with Crippen LogP contribution >= 0.6 is 11.6 Å². The number of likely N-dealkylation sites (tertiary alicyclic amines) is 1. The number of carbonyl (C=O) groups is 2. The summed E-state index contributed by atoms with van der Waals surface area (Å²) in [5.41, 5.74) is 3.13. The molecule has 0 unspecified atom stereocenters. The van der Waals surface area contributed by atoms with E-state index in [4.69, 9.17) is 16.3 Å². The zero-order valence-corrected chi connectivity index (χ0v) is 16.7. The van der Waals surface area contributed by atoms with Gasteiger partial charge in [-0.15, -0.1) is 0 Å². The second kappa shape index (κ2) is 9.52. The zero-order valence-electron chi connectivity index (χ0n) is 15.9. The Kier molecular flexibility index (Phi) is 6.82. The molecule has 152 valence electrons. The third-order valence-electron chi connectivity index (χ3n) is 4.86. The lowest BCUT2D eigenvalue weighted by atomic mass is 9.95. The van der Waals surface area contributed by atoms with Crippen LogP contribution in [0.4, 0.5) is 4.39 Å². The first kappa shape index (κ1) is 20.8. The number of nitrogens with one attached hydrogen (secondary N) is 1. The Balaban J connectivity index is 1.51. The van der Waals surface area contributed by atoms with E-state index in [0.29, 0.717) is 37.2 Å². The molecular weight excluding hydrogens is 397 g/mol. The monoisotopic (exact) mass is 417 g/mol. The lowest BCUT2D eigenvalue weighted by molar-refractivity contribution is -0.126. The van der Waals surface area contributed by atoms with E-state index in [2.05, 4.69) is 10.5 Å². The van der Waals surface area contributed by atoms with Crippen LogP contribution in [0.5, 0.6) is 5.75 Å². The quantitative estimate of drug-likeness (QED) is 0.598. The largest absolute Gasteiger partial charge is 0.497 e. The normalized spacial score (nSPS) is 14.8. The maximum absolute atomic E-state index is 13.7. The minimum absolute atomic E-state index is 0.0706. The van der Waals surface area contributed by atoms with Gasteiger partial charge in [0.2, 0.25) is 5.91 Å². The molecule has 0 aromatic heterocycles. The summed E-state index contributed by atoms with van der Waals surface area (Å²) in [5.74, 6) is -0.415. The van der Waals surface area contributed by atoms with Crippen molar-refractivity contribution in [3.63, 3.8) is 0 Å². The molecule has 1 fully saturated rings. The Morgan fingerprint density at radius 3 is 2.52 bits per heavy atom. The molecule has 1 aliphatic rings. The van der Waals surface area contributed by atoms with Crippen molar-refractivity contribution in [1.29, 1.82) is 0 Å². The van der Waals surface area contributed by atoms with Crippen LogP contribution in [0.25, 0.3) is 0 Å². The molecule has 0 radical (unpaired) electrons. The molecule has 8 heteroatoms. The minimum atomic E-state index is -0.513. The Labute approximate surface area is 173 Å². The Morgan fingerprint density at radius 2 is 1.90 bits per heavy atom. The van der Waals surface area contributed by atoms with Crippen molar-refractivity contribution in [1.82, 2.24) is 10.3 Å². The molecule has 1 N–H and O–H groups in total. The number of methoxy groups -OCH3 is 1. The number of benzene rings is 2. The van der Waals surface area contributed by atoms with E-state index >= 15 is 0 Å². The summed E-state index contributed by atoms with van der Waals surface area (Å²) in [6, 6.07) is 11.2. The number of halogens is 2. The van der Waals surface area contributed by atoms with E-state index < -0.39 is 5.82 Å². The summed E-state index contributed by atoms with van der Waals surface area (Å²) < 4.78 is 18.8. The molecule has 0 spiro atoms. The van der Waals surface area contributed by atoms with Crippen LogP contribution in [0, 0.1) is 11.7 Å². The van der Waals surface area contributed by atoms with Gasteiger partial charge in [0.1, 0.15) is 11.6 Å². The third kappa shape index (κ3) is 5.12. The van der Waals surface area contributed by atoms with Gasteiger partial charge in [0.15, 0.2) is 0 Å². The first-order chi connectivity index (χ1) is 14.0. The lowest BCUT2D eigenvalue weighted by Crippen LogP contribution is -2.42. The smallest absolute Gasteiger partial charge is 0.253 e. The van der Waals surface area contributed by atoms with Crippen LogP contribution in [0.2, 0.25) is 5.02 Å². The lowest BCUT2D eigenvalue weighted by Gasteiger charge is -2.31. The molecule has 0 aliphatic carbocycles. The molecule has 0 bridgehead atoms. The number of hydrogen-bond donors (Lipinski definition) is 1. The van der Waals surface area contributed by atoms with Gasteiger partial charge in [-0.2, -0.15) is 5.10 Å². The van der Waals surface area contributed by atoms with Crippen LogP contribution in [-0.2, 0) is 4.79 Å². The van der Waals surface area contributed by atoms with Crippen molar-refractivity contribution in [2.75, 3.05) is 20.2 Å². The number of amides is 2. The van der Waals surface area contributed by atoms with Gasteiger partial charge in [-0.05, 0) is 49.2 Å². The van der Waals surface area contributed by atoms with Crippen LogP contribution in [0.3, 0.4) is 0 Å². The molecule has 29 heavy (non-hydrogen) atoms. The van der Waals surface area contributed by atoms with E-state index in [1.165, 1.54) is 18.3 Å². The summed E-state index contributed by atoms with van der Waals surface area (Å²) in [5, 5.41) is 4.03. The highest BCUT2D eigenvalue weighted by Crippen LogP contribution is 2.21. The summed E-state index contributed by atoms with van der Waals surface area (Å²) in [6.45, 7) is 0.956. The highest BCUT2D eigenvalue weighted by molar-refractivity contribution is 6.33. The summed E-state index contributed by atoms with van der Waals surface area (Å²) in [6.07, 6.45) is 2.26. The van der Waals surface area contributed by atoms with Gasteiger partial charge in [0, 0.05) is 30.1 Å². The van der Waals surface area contributed by atoms with E-state index in [9.17, 15) is 14.0 Å². The zero-order chi connectivity index (χ0) is 20.8. The Bertz CT molecular complexity index is 890. The highest BCUT2D eigenvalue weighted by atomic mass is 35.5. The molecule has 0 atom stereocenters. The average Bonchev–Trinajstić information content (AvgIpc) is 2.75. The molecular formula is C21H21ClFN3O3. The predicted molar refractivity (Wildman–Crippen MR) is 109 cm³/mol. The van der Waals surface area contributed by atoms with Gasteiger partial charge in [0.25, 0.3) is 5.91 Å². The van der Waals surface area contributed by atoms with Gasteiger partial charge < -0.3 is 9.64 Å². The standard InChI is InChI=1S/C21H21ClFN3O3/c1-29-16-7-5-15(6-8-16)21(28)26-11-9-14(10-12-26)20(27)25-24-13-17-18(22)3-2-4-19(17)23/h2-8,13-14H,9-12H2,1H3,(H,25,27)/b24-13-. The summed E-state index contributed by atoms with van der Waals surface area (Å²) in [7, 11) is 1.57. The fourth-order valence-corrected chi connectivity index (χ4v) is 3.36. The highest BCUT2D eigenvalue weighted by Gasteiger charge is 2.27. The molecule has 0 saturated carbocycles. The SMILES string of the molecule is COc1ccc(C(=O)N2CCC(C(=O)N/N=C\c3c(F)cccc3Cl)CC2)cc1. The summed E-state index contributed by atoms with van der Waals surface area (Å²) >= 11 is 5.92. The fraction of sp³-hybridized carbons (Fsp3) is 0.286. The average molecular weight is 418 g/mol. The topological polar surface area (TPSA) is 71.0 Å².